The summed E-state index contributed by atoms with van der Waals surface area (Å²) in [6.45, 7) is 2.45. The fourth-order valence-corrected chi connectivity index (χ4v) is 4.56. The molecule has 2 aromatic carbocycles. The monoisotopic (exact) mass is 421 g/mol. The number of ether oxygens (including phenoxy) is 1. The maximum atomic E-state index is 12.9. The van der Waals surface area contributed by atoms with Gasteiger partial charge >= 0.3 is 0 Å². The van der Waals surface area contributed by atoms with Gasteiger partial charge in [0.2, 0.25) is 5.91 Å². The van der Waals surface area contributed by atoms with Gasteiger partial charge in [-0.25, -0.2) is 0 Å². The molecule has 2 amide bonds. The van der Waals surface area contributed by atoms with Crippen LogP contribution >= 0.6 is 0 Å². The molecule has 164 valence electrons. The van der Waals surface area contributed by atoms with E-state index in [2.05, 4.69) is 23.3 Å². The largest absolute Gasteiger partial charge is 0.479 e. The van der Waals surface area contributed by atoms with Crippen LogP contribution in [0.1, 0.15) is 44.6 Å². The van der Waals surface area contributed by atoms with E-state index in [1.807, 2.05) is 36.4 Å². The van der Waals surface area contributed by atoms with Gasteiger partial charge in [-0.2, -0.15) is 0 Å². The lowest BCUT2D eigenvalue weighted by molar-refractivity contribution is -0.127. The molecule has 1 N–H and O–H groups in total. The summed E-state index contributed by atoms with van der Waals surface area (Å²) in [6, 6.07) is 15.8. The molecule has 1 fully saturated rings. The van der Waals surface area contributed by atoms with E-state index in [0.29, 0.717) is 17.5 Å². The van der Waals surface area contributed by atoms with Gasteiger partial charge in [-0.3, -0.25) is 19.4 Å². The first kappa shape index (κ1) is 21.4. The number of amides is 2. The molecule has 0 bridgehead atoms. The maximum Gasteiger partial charge on any atom is 0.268 e. The summed E-state index contributed by atoms with van der Waals surface area (Å²) in [7, 11) is 2.17. The van der Waals surface area contributed by atoms with E-state index in [4.69, 9.17) is 4.74 Å². The van der Waals surface area contributed by atoms with Gasteiger partial charge in [0.05, 0.1) is 5.69 Å². The van der Waals surface area contributed by atoms with Gasteiger partial charge in [0.15, 0.2) is 6.10 Å². The lowest BCUT2D eigenvalue weighted by Gasteiger charge is -2.33. The highest BCUT2D eigenvalue weighted by Crippen LogP contribution is 2.33. The van der Waals surface area contributed by atoms with Crippen LogP contribution in [0.3, 0.4) is 0 Å². The highest BCUT2D eigenvalue weighted by atomic mass is 16.5. The third kappa shape index (κ3) is 4.90. The van der Waals surface area contributed by atoms with Crippen LogP contribution in [0.4, 0.5) is 11.4 Å². The summed E-state index contributed by atoms with van der Waals surface area (Å²) >= 11 is 0. The van der Waals surface area contributed by atoms with Crippen molar-refractivity contribution in [2.75, 3.05) is 23.8 Å². The van der Waals surface area contributed by atoms with E-state index in [9.17, 15) is 9.59 Å². The minimum absolute atomic E-state index is 0.0453. The summed E-state index contributed by atoms with van der Waals surface area (Å²) in [5, 5.41) is 3.03. The predicted octanol–water partition coefficient (Wildman–Crippen LogP) is 4.20. The number of para-hydroxylation sites is 3. The zero-order chi connectivity index (χ0) is 21.8. The number of anilines is 2. The fraction of sp³-hybridized carbons (Fsp3) is 0.440. The minimum atomic E-state index is -0.612. The average molecular weight is 422 g/mol. The van der Waals surface area contributed by atoms with E-state index in [1.54, 1.807) is 13.0 Å². The molecule has 2 aromatic rings. The third-order valence-electron chi connectivity index (χ3n) is 6.28. The van der Waals surface area contributed by atoms with E-state index in [1.165, 1.54) is 37.0 Å². The smallest absolute Gasteiger partial charge is 0.268 e. The average Bonchev–Trinajstić information content (AvgIpc) is 2.78. The molecule has 1 saturated carbocycles. The number of carbonyl (C=O) groups excluding carboxylic acids is 2. The van der Waals surface area contributed by atoms with Crippen LogP contribution in [-0.4, -0.2) is 42.5 Å². The van der Waals surface area contributed by atoms with Crippen molar-refractivity contribution < 1.29 is 14.3 Å². The SMILES string of the molecule is CC1Oc2ccccc2N(CC(=O)Nc2ccccc2CN(C)C2CCCCC2)C1=O. The Hall–Kier alpha value is -2.86. The quantitative estimate of drug-likeness (QED) is 0.759. The van der Waals surface area contributed by atoms with E-state index in [-0.39, 0.29) is 18.4 Å². The van der Waals surface area contributed by atoms with Gasteiger partial charge in [-0.1, -0.05) is 49.6 Å². The Balaban J connectivity index is 1.45. The van der Waals surface area contributed by atoms with Crippen LogP contribution in [0.5, 0.6) is 5.75 Å². The molecule has 31 heavy (non-hydrogen) atoms. The summed E-state index contributed by atoms with van der Waals surface area (Å²) < 4.78 is 5.67. The van der Waals surface area contributed by atoms with Gasteiger partial charge in [-0.05, 0) is 50.6 Å². The van der Waals surface area contributed by atoms with Crippen LogP contribution < -0.4 is 15.0 Å². The van der Waals surface area contributed by atoms with Crippen molar-refractivity contribution in [2.24, 2.45) is 0 Å². The lowest BCUT2D eigenvalue weighted by Crippen LogP contribution is -2.47. The number of rotatable bonds is 6. The molecule has 4 rings (SSSR count). The van der Waals surface area contributed by atoms with Gasteiger partial charge in [0.1, 0.15) is 12.3 Å². The first-order valence-corrected chi connectivity index (χ1v) is 11.2. The van der Waals surface area contributed by atoms with Crippen LogP contribution in [0.2, 0.25) is 0 Å². The van der Waals surface area contributed by atoms with Crippen LogP contribution in [0.25, 0.3) is 0 Å². The molecule has 0 saturated heterocycles. The molecule has 6 heteroatoms. The van der Waals surface area contributed by atoms with Crippen molar-refractivity contribution in [1.82, 2.24) is 4.90 Å². The number of hydrogen-bond acceptors (Lipinski definition) is 4. The number of nitrogens with zero attached hydrogens (tertiary/aromatic N) is 2. The number of hydrogen-bond donors (Lipinski definition) is 1. The van der Waals surface area contributed by atoms with Gasteiger partial charge in [-0.15, -0.1) is 0 Å². The molecule has 6 nitrogen and oxygen atoms in total. The summed E-state index contributed by atoms with van der Waals surface area (Å²) in [6.07, 6.45) is 5.78. The molecule has 1 unspecified atom stereocenters. The minimum Gasteiger partial charge on any atom is -0.479 e. The Morgan fingerprint density at radius 2 is 1.81 bits per heavy atom. The Morgan fingerprint density at radius 3 is 2.61 bits per heavy atom. The van der Waals surface area contributed by atoms with Crippen LogP contribution in [0, 0.1) is 0 Å². The summed E-state index contributed by atoms with van der Waals surface area (Å²) in [5.41, 5.74) is 2.52. The molecule has 0 spiro atoms. The molecule has 0 aromatic heterocycles. The molecular formula is C25H31N3O3. The van der Waals surface area contributed by atoms with E-state index < -0.39 is 6.10 Å². The first-order chi connectivity index (χ1) is 15.0. The topological polar surface area (TPSA) is 61.9 Å². The van der Waals surface area contributed by atoms with Crippen molar-refractivity contribution >= 4 is 23.2 Å². The Kier molecular flexibility index (Phi) is 6.56. The van der Waals surface area contributed by atoms with Gasteiger partial charge < -0.3 is 10.1 Å². The number of fused-ring (bicyclic) bond motifs is 1. The molecule has 1 aliphatic carbocycles. The van der Waals surface area contributed by atoms with Gasteiger partial charge in [0.25, 0.3) is 5.91 Å². The number of carbonyl (C=O) groups is 2. The standard InChI is InChI=1S/C25H31N3O3/c1-18-25(30)28(22-14-8-9-15-23(22)31-18)17-24(29)26-21-13-7-6-10-19(21)16-27(2)20-11-4-3-5-12-20/h6-10,13-15,18,20H,3-5,11-12,16-17H2,1-2H3,(H,26,29). The second-order valence-electron chi connectivity index (χ2n) is 8.56. The highest BCUT2D eigenvalue weighted by Gasteiger charge is 2.32. The molecule has 1 atom stereocenters. The molecular weight excluding hydrogens is 390 g/mol. The zero-order valence-corrected chi connectivity index (χ0v) is 18.3. The van der Waals surface area contributed by atoms with Crippen molar-refractivity contribution in [3.05, 3.63) is 54.1 Å². The molecule has 2 aliphatic rings. The molecule has 1 aliphatic heterocycles. The van der Waals surface area contributed by atoms with Crippen molar-refractivity contribution in [2.45, 2.75) is 57.7 Å². The highest BCUT2D eigenvalue weighted by molar-refractivity contribution is 6.06. The van der Waals surface area contributed by atoms with E-state index >= 15 is 0 Å². The second kappa shape index (κ2) is 9.52. The zero-order valence-electron chi connectivity index (χ0n) is 18.3. The Labute approximate surface area is 184 Å². The fourth-order valence-electron chi connectivity index (χ4n) is 4.56. The van der Waals surface area contributed by atoms with Crippen LogP contribution in [-0.2, 0) is 16.1 Å². The Morgan fingerprint density at radius 1 is 1.10 bits per heavy atom. The third-order valence-corrected chi connectivity index (χ3v) is 6.28. The molecule has 1 heterocycles. The first-order valence-electron chi connectivity index (χ1n) is 11.2. The lowest BCUT2D eigenvalue weighted by atomic mass is 9.94. The van der Waals surface area contributed by atoms with E-state index in [0.717, 1.165) is 17.8 Å². The number of benzene rings is 2. The Bertz CT molecular complexity index is 939. The normalized spacial score (nSPS) is 19.1. The number of nitrogens with one attached hydrogen (secondary N) is 1. The van der Waals surface area contributed by atoms with Gasteiger partial charge in [0, 0.05) is 18.3 Å². The summed E-state index contributed by atoms with van der Waals surface area (Å²) in [5.74, 6) is 0.195. The summed E-state index contributed by atoms with van der Waals surface area (Å²) in [4.78, 5) is 29.5. The predicted molar refractivity (Wildman–Crippen MR) is 122 cm³/mol. The molecule has 0 radical (unpaired) electrons. The van der Waals surface area contributed by atoms with Crippen molar-refractivity contribution in [3.8, 4) is 5.75 Å². The maximum absolute atomic E-state index is 12.9. The van der Waals surface area contributed by atoms with Crippen LogP contribution in [0.15, 0.2) is 48.5 Å². The van der Waals surface area contributed by atoms with Crippen molar-refractivity contribution in [1.29, 1.82) is 0 Å². The second-order valence-corrected chi connectivity index (χ2v) is 8.56. The van der Waals surface area contributed by atoms with Crippen molar-refractivity contribution in [3.63, 3.8) is 0 Å².